The van der Waals surface area contributed by atoms with Crippen molar-refractivity contribution in [3.05, 3.63) is 57.2 Å². The van der Waals surface area contributed by atoms with E-state index in [0.29, 0.717) is 12.4 Å². The van der Waals surface area contributed by atoms with Gasteiger partial charge in [0.15, 0.2) is 0 Å². The van der Waals surface area contributed by atoms with E-state index in [1.54, 1.807) is 18.1 Å². The van der Waals surface area contributed by atoms with E-state index in [1.807, 2.05) is 6.92 Å². The minimum atomic E-state index is -3.73. The van der Waals surface area contributed by atoms with Crippen molar-refractivity contribution >= 4 is 44.8 Å². The van der Waals surface area contributed by atoms with Crippen LogP contribution in [0.4, 0.5) is 0 Å². The molecule has 1 aromatic carbocycles. The molecule has 0 radical (unpaired) electrons. The summed E-state index contributed by atoms with van der Waals surface area (Å²) in [5, 5.41) is 7.52. The summed E-state index contributed by atoms with van der Waals surface area (Å²) in [7, 11) is -3.73. The van der Waals surface area contributed by atoms with Crippen LogP contribution < -0.4 is 10.6 Å². The maximum absolute atomic E-state index is 12.6. The molecule has 3 N–H and O–H groups in total. The Bertz CT molecular complexity index is 982. The molecule has 0 bridgehead atoms. The molecular weight excluding hydrogens is 439 g/mol. The Morgan fingerprint density at radius 1 is 1.36 bits per heavy atom. The van der Waals surface area contributed by atoms with E-state index < -0.39 is 9.84 Å². The number of terminal acetylenes is 1. The van der Waals surface area contributed by atoms with Crippen LogP contribution in [0.5, 0.6) is 0 Å². The maximum atomic E-state index is 12.6. The molecule has 0 saturated heterocycles. The van der Waals surface area contributed by atoms with Crippen LogP contribution in [0.3, 0.4) is 0 Å². The van der Waals surface area contributed by atoms with Crippen molar-refractivity contribution in [2.75, 3.05) is 18.8 Å². The summed E-state index contributed by atoms with van der Waals surface area (Å²) in [6.45, 7) is 2.71. The lowest BCUT2D eigenvalue weighted by Crippen LogP contribution is -2.29. The second-order valence-electron chi connectivity index (χ2n) is 5.66. The minimum absolute atomic E-state index is 0.0482. The molecule has 0 atom stereocenters. The number of halogens is 2. The molecule has 0 spiro atoms. The Morgan fingerprint density at radius 2 is 2.14 bits per heavy atom. The van der Waals surface area contributed by atoms with E-state index in [9.17, 15) is 8.42 Å². The number of aromatic amines is 1. The Hall–Kier alpha value is -1.79. The van der Waals surface area contributed by atoms with Crippen LogP contribution in [-0.2, 0) is 15.6 Å². The Balaban J connectivity index is 1.99. The van der Waals surface area contributed by atoms with E-state index in [0.717, 1.165) is 28.3 Å². The van der Waals surface area contributed by atoms with Crippen molar-refractivity contribution in [3.8, 4) is 12.3 Å². The molecule has 0 aliphatic carbocycles. The lowest BCUT2D eigenvalue weighted by atomic mass is 10.4. The third-order valence-corrected chi connectivity index (χ3v) is 6.77. The number of rotatable bonds is 10. The van der Waals surface area contributed by atoms with Gasteiger partial charge in [0.2, 0.25) is 9.84 Å². The maximum Gasteiger partial charge on any atom is 0.203 e. The summed E-state index contributed by atoms with van der Waals surface area (Å²) in [5.74, 6) is 4.28. The molecule has 1 aromatic heterocycles. The molecule has 2 rings (SSSR count). The predicted molar refractivity (Wildman–Crippen MR) is 116 cm³/mol. The minimum Gasteiger partial charge on any atom is -0.370 e. The van der Waals surface area contributed by atoms with Gasteiger partial charge in [-0.1, -0.05) is 29.1 Å². The summed E-state index contributed by atoms with van der Waals surface area (Å²) >= 11 is 13.5. The molecule has 6 nitrogen and oxygen atoms in total. The first-order valence-electron chi connectivity index (χ1n) is 8.23. The van der Waals surface area contributed by atoms with Gasteiger partial charge < -0.3 is 15.6 Å². The second-order valence-corrected chi connectivity index (χ2v) is 9.38. The van der Waals surface area contributed by atoms with Crippen LogP contribution in [0, 0.1) is 19.3 Å². The van der Waals surface area contributed by atoms with Crippen molar-refractivity contribution in [1.82, 2.24) is 20.6 Å². The summed E-state index contributed by atoms with van der Waals surface area (Å²) < 4.78 is 25.2. The number of imidazole rings is 1. The van der Waals surface area contributed by atoms with Gasteiger partial charge in [-0.05, 0) is 25.1 Å². The smallest absolute Gasteiger partial charge is 0.203 e. The summed E-state index contributed by atoms with van der Waals surface area (Å²) in [5.41, 5.74) is 2.05. The van der Waals surface area contributed by atoms with E-state index >= 15 is 0 Å². The van der Waals surface area contributed by atoms with E-state index in [-0.39, 0.29) is 21.5 Å². The van der Waals surface area contributed by atoms with Crippen molar-refractivity contribution in [3.63, 3.8) is 0 Å². The van der Waals surface area contributed by atoms with Crippen molar-refractivity contribution in [2.45, 2.75) is 17.6 Å². The highest BCUT2D eigenvalue weighted by Gasteiger charge is 2.15. The standard InChI is InChI=1S/C18H20Cl2N4O2S2/c1-3-6-21-18(22-7-8-27-10-17-13(2)23-12-24-17)11-28(25,26)14-4-5-15(19)16(20)9-14/h1,4-5,9,11-12,21-22H,6-8,10H2,2H3,(H,23,24). The molecule has 0 aliphatic heterocycles. The van der Waals surface area contributed by atoms with Crippen LogP contribution >= 0.6 is 35.0 Å². The van der Waals surface area contributed by atoms with Gasteiger partial charge in [-0.2, -0.15) is 11.8 Å². The monoisotopic (exact) mass is 458 g/mol. The third kappa shape index (κ3) is 6.67. The second kappa shape index (κ2) is 10.7. The van der Waals surface area contributed by atoms with Gasteiger partial charge in [0.1, 0.15) is 5.82 Å². The molecule has 0 amide bonds. The van der Waals surface area contributed by atoms with Gasteiger partial charge in [0, 0.05) is 23.7 Å². The highest BCUT2D eigenvalue weighted by molar-refractivity contribution is 7.98. The highest BCUT2D eigenvalue weighted by atomic mass is 35.5. The fourth-order valence-corrected chi connectivity index (χ4v) is 4.52. The van der Waals surface area contributed by atoms with Crippen LogP contribution in [0.15, 0.2) is 40.7 Å². The average molecular weight is 459 g/mol. The number of thioether (sulfide) groups is 1. The number of hydrogen-bond acceptors (Lipinski definition) is 6. The van der Waals surface area contributed by atoms with Gasteiger partial charge in [-0.15, -0.1) is 6.42 Å². The fraction of sp³-hybridized carbons (Fsp3) is 0.278. The largest absolute Gasteiger partial charge is 0.370 e. The molecule has 1 heterocycles. The molecule has 0 aliphatic rings. The van der Waals surface area contributed by atoms with Gasteiger partial charge in [-0.3, -0.25) is 0 Å². The highest BCUT2D eigenvalue weighted by Crippen LogP contribution is 2.25. The molecule has 2 aromatic rings. The number of nitrogens with one attached hydrogen (secondary N) is 3. The number of aromatic nitrogens is 2. The molecule has 10 heteroatoms. The Labute approximate surface area is 179 Å². The summed E-state index contributed by atoms with van der Waals surface area (Å²) in [6.07, 6.45) is 6.94. The molecule has 0 unspecified atom stereocenters. The first-order chi connectivity index (χ1) is 13.3. The number of benzene rings is 1. The SMILES string of the molecule is C#CCNC(=CS(=O)(=O)c1ccc(Cl)c(Cl)c1)NCCSCc1nc[nH]c1C. The lowest BCUT2D eigenvalue weighted by molar-refractivity contribution is 0.603. The summed E-state index contributed by atoms with van der Waals surface area (Å²) in [6, 6.07) is 4.16. The van der Waals surface area contributed by atoms with Gasteiger partial charge in [0.05, 0.1) is 38.9 Å². The molecule has 28 heavy (non-hydrogen) atoms. The van der Waals surface area contributed by atoms with Crippen LogP contribution in [0.1, 0.15) is 11.4 Å². The summed E-state index contributed by atoms with van der Waals surface area (Å²) in [4.78, 5) is 7.33. The quantitative estimate of drug-likeness (QED) is 0.373. The Kier molecular flexibility index (Phi) is 8.58. The van der Waals surface area contributed by atoms with Gasteiger partial charge in [-0.25, -0.2) is 13.4 Å². The van der Waals surface area contributed by atoms with E-state index in [2.05, 4.69) is 26.5 Å². The normalized spacial score (nSPS) is 11.9. The topological polar surface area (TPSA) is 86.9 Å². The van der Waals surface area contributed by atoms with Crippen LogP contribution in [0.25, 0.3) is 0 Å². The van der Waals surface area contributed by atoms with Crippen molar-refractivity contribution < 1.29 is 8.42 Å². The molecule has 0 saturated carbocycles. The van der Waals surface area contributed by atoms with Crippen LogP contribution in [0.2, 0.25) is 10.0 Å². The Morgan fingerprint density at radius 3 is 2.79 bits per heavy atom. The van der Waals surface area contributed by atoms with E-state index in [4.69, 9.17) is 29.6 Å². The zero-order chi connectivity index (χ0) is 20.6. The van der Waals surface area contributed by atoms with E-state index in [1.165, 1.54) is 18.2 Å². The molecule has 150 valence electrons. The lowest BCUT2D eigenvalue weighted by Gasteiger charge is -2.12. The first-order valence-corrected chi connectivity index (χ1v) is 11.7. The number of sulfone groups is 1. The zero-order valence-corrected chi connectivity index (χ0v) is 18.3. The van der Waals surface area contributed by atoms with Gasteiger partial charge in [0.25, 0.3) is 0 Å². The number of hydrogen-bond donors (Lipinski definition) is 3. The fourth-order valence-electron chi connectivity index (χ4n) is 2.13. The number of aryl methyl sites for hydroxylation is 1. The number of nitrogens with zero attached hydrogens (tertiary/aromatic N) is 1. The zero-order valence-electron chi connectivity index (χ0n) is 15.1. The predicted octanol–water partition coefficient (Wildman–Crippen LogP) is 3.34. The average Bonchev–Trinajstić information content (AvgIpc) is 3.06. The van der Waals surface area contributed by atoms with Crippen LogP contribution in [-0.4, -0.2) is 37.2 Å². The molecular formula is C18H20Cl2N4O2S2. The number of H-pyrrole nitrogens is 1. The van der Waals surface area contributed by atoms with Crippen molar-refractivity contribution in [2.24, 2.45) is 0 Å². The van der Waals surface area contributed by atoms with Crippen molar-refractivity contribution in [1.29, 1.82) is 0 Å². The molecule has 0 fully saturated rings. The first kappa shape index (κ1) is 22.5. The van der Waals surface area contributed by atoms with Gasteiger partial charge >= 0.3 is 0 Å². The third-order valence-electron chi connectivity index (χ3n) is 3.61.